The van der Waals surface area contributed by atoms with Crippen LogP contribution in [0.5, 0.6) is 0 Å². The van der Waals surface area contributed by atoms with Crippen molar-refractivity contribution in [3.05, 3.63) is 28.5 Å². The Labute approximate surface area is 114 Å². The lowest BCUT2D eigenvalue weighted by atomic mass is 9.82. The molecule has 0 amide bonds. The number of H-pyrrole nitrogens is 1. The van der Waals surface area contributed by atoms with Gasteiger partial charge < -0.3 is 9.55 Å². The summed E-state index contributed by atoms with van der Waals surface area (Å²) in [5.41, 5.74) is 3.92. The van der Waals surface area contributed by atoms with E-state index >= 15 is 0 Å². The molecule has 2 rings (SSSR count). The Balaban J connectivity index is 2.47. The molecule has 1 aromatic carbocycles. The molecule has 0 spiro atoms. The summed E-state index contributed by atoms with van der Waals surface area (Å²) < 4.78 is 3.06. The van der Waals surface area contributed by atoms with Crippen LogP contribution < -0.4 is 0 Å². The minimum atomic E-state index is 0.294. The van der Waals surface area contributed by atoms with E-state index in [-0.39, 0.29) is 0 Å². The molecule has 18 heavy (non-hydrogen) atoms. The fourth-order valence-electron chi connectivity index (χ4n) is 1.99. The molecule has 1 N–H and O–H groups in total. The van der Waals surface area contributed by atoms with Crippen LogP contribution in [-0.2, 0) is 6.54 Å². The summed E-state index contributed by atoms with van der Waals surface area (Å²) >= 11 is 5.44. The van der Waals surface area contributed by atoms with E-state index in [1.165, 1.54) is 11.1 Å². The van der Waals surface area contributed by atoms with Crippen LogP contribution in [0.2, 0.25) is 0 Å². The van der Waals surface area contributed by atoms with Gasteiger partial charge in [-0.3, -0.25) is 0 Å². The number of hydrogen-bond donors (Lipinski definition) is 1. The van der Waals surface area contributed by atoms with Crippen molar-refractivity contribution in [2.75, 3.05) is 0 Å². The lowest BCUT2D eigenvalue weighted by Crippen LogP contribution is -2.22. The first-order valence-electron chi connectivity index (χ1n) is 6.48. The Hall–Kier alpha value is -1.09. The van der Waals surface area contributed by atoms with Gasteiger partial charge in [0.05, 0.1) is 11.0 Å². The quantitative estimate of drug-likeness (QED) is 0.779. The van der Waals surface area contributed by atoms with Gasteiger partial charge in [0.25, 0.3) is 0 Å². The largest absolute Gasteiger partial charge is 0.331 e. The van der Waals surface area contributed by atoms with Gasteiger partial charge in [-0.25, -0.2) is 0 Å². The van der Waals surface area contributed by atoms with Crippen LogP contribution in [0.25, 0.3) is 11.0 Å². The number of hydrogen-bond acceptors (Lipinski definition) is 1. The minimum Gasteiger partial charge on any atom is -0.331 e. The number of rotatable bonds is 2. The number of nitrogens with zero attached hydrogens (tertiary/aromatic N) is 1. The molecule has 1 atom stereocenters. The first-order chi connectivity index (χ1) is 8.29. The number of benzene rings is 1. The average molecular weight is 262 g/mol. The van der Waals surface area contributed by atoms with Gasteiger partial charge in [-0.2, -0.15) is 0 Å². The normalized spacial score (nSPS) is 14.1. The number of aromatic nitrogens is 2. The molecule has 0 bridgehead atoms. The summed E-state index contributed by atoms with van der Waals surface area (Å²) in [6, 6.07) is 6.43. The first kappa shape index (κ1) is 13.3. The summed E-state index contributed by atoms with van der Waals surface area (Å²) in [4.78, 5) is 3.29. The molecule has 0 fully saturated rings. The molecule has 0 radical (unpaired) electrons. The third-order valence-corrected chi connectivity index (χ3v) is 4.19. The summed E-state index contributed by atoms with van der Waals surface area (Å²) in [5.74, 6) is 0.573. The Kier molecular flexibility index (Phi) is 3.37. The van der Waals surface area contributed by atoms with Crippen molar-refractivity contribution in [2.24, 2.45) is 11.3 Å². The first-order valence-corrected chi connectivity index (χ1v) is 6.89. The van der Waals surface area contributed by atoms with Gasteiger partial charge >= 0.3 is 0 Å². The van der Waals surface area contributed by atoms with Crippen molar-refractivity contribution >= 4 is 23.3 Å². The van der Waals surface area contributed by atoms with Crippen LogP contribution in [0.4, 0.5) is 0 Å². The number of fused-ring (bicyclic) bond motifs is 1. The molecule has 0 saturated heterocycles. The molecule has 0 aliphatic carbocycles. The molecule has 1 heterocycles. The zero-order valence-corrected chi connectivity index (χ0v) is 12.7. The van der Waals surface area contributed by atoms with Gasteiger partial charge in [0.1, 0.15) is 0 Å². The van der Waals surface area contributed by atoms with Crippen LogP contribution >= 0.6 is 12.2 Å². The summed E-state index contributed by atoms with van der Waals surface area (Å²) in [7, 11) is 0. The van der Waals surface area contributed by atoms with Crippen molar-refractivity contribution in [3.63, 3.8) is 0 Å². The van der Waals surface area contributed by atoms with Crippen LogP contribution in [0, 0.1) is 23.0 Å². The van der Waals surface area contributed by atoms with E-state index in [2.05, 4.69) is 62.4 Å². The van der Waals surface area contributed by atoms with E-state index in [1.807, 2.05) is 0 Å². The van der Waals surface area contributed by atoms with Gasteiger partial charge in [0.2, 0.25) is 0 Å². The second-order valence-corrected chi connectivity index (χ2v) is 6.72. The third kappa shape index (κ3) is 2.51. The highest BCUT2D eigenvalue weighted by Crippen LogP contribution is 2.28. The van der Waals surface area contributed by atoms with Crippen LogP contribution in [0.15, 0.2) is 18.2 Å². The zero-order chi connectivity index (χ0) is 13.5. The van der Waals surface area contributed by atoms with Crippen LogP contribution in [0.3, 0.4) is 0 Å². The highest BCUT2D eigenvalue weighted by atomic mass is 32.1. The Morgan fingerprint density at radius 2 is 2.00 bits per heavy atom. The lowest BCUT2D eigenvalue weighted by molar-refractivity contribution is 0.234. The van der Waals surface area contributed by atoms with Crippen LogP contribution in [-0.4, -0.2) is 9.55 Å². The standard InChI is InChI=1S/C15H22N2S/c1-10-6-7-12-13(8-10)17(14(18)16-12)9-11(2)15(3,4)5/h6-8,11H,9H2,1-5H3,(H,16,18). The van der Waals surface area contributed by atoms with Crippen molar-refractivity contribution in [1.29, 1.82) is 0 Å². The number of imidazole rings is 1. The average Bonchev–Trinajstić information content (AvgIpc) is 2.54. The van der Waals surface area contributed by atoms with E-state index < -0.39 is 0 Å². The number of aryl methyl sites for hydroxylation is 1. The minimum absolute atomic E-state index is 0.294. The summed E-state index contributed by atoms with van der Waals surface area (Å²) in [6.07, 6.45) is 0. The summed E-state index contributed by atoms with van der Waals surface area (Å²) in [5, 5.41) is 0. The molecule has 98 valence electrons. The highest BCUT2D eigenvalue weighted by Gasteiger charge is 2.21. The van der Waals surface area contributed by atoms with Crippen molar-refractivity contribution in [1.82, 2.24) is 9.55 Å². The van der Waals surface area contributed by atoms with Gasteiger partial charge in [-0.1, -0.05) is 33.8 Å². The lowest BCUT2D eigenvalue weighted by Gasteiger charge is -2.27. The van der Waals surface area contributed by atoms with E-state index in [1.54, 1.807) is 0 Å². The topological polar surface area (TPSA) is 20.7 Å². The molecule has 1 unspecified atom stereocenters. The van der Waals surface area contributed by atoms with E-state index in [4.69, 9.17) is 12.2 Å². The van der Waals surface area contributed by atoms with Crippen LogP contribution in [0.1, 0.15) is 33.3 Å². The SMILES string of the molecule is Cc1ccc2[nH]c(=S)n(CC(C)C(C)(C)C)c2c1. The maximum Gasteiger partial charge on any atom is 0.178 e. The van der Waals surface area contributed by atoms with Gasteiger partial charge in [-0.05, 0) is 48.2 Å². The second-order valence-electron chi connectivity index (χ2n) is 6.33. The Morgan fingerprint density at radius 1 is 1.33 bits per heavy atom. The molecule has 1 aromatic heterocycles. The van der Waals surface area contributed by atoms with E-state index in [9.17, 15) is 0 Å². The molecular weight excluding hydrogens is 240 g/mol. The molecule has 0 saturated carbocycles. The molecule has 0 aliphatic rings. The molecular formula is C15H22N2S. The van der Waals surface area contributed by atoms with Gasteiger partial charge in [0, 0.05) is 6.54 Å². The maximum atomic E-state index is 5.44. The van der Waals surface area contributed by atoms with Crippen molar-refractivity contribution < 1.29 is 0 Å². The number of aromatic amines is 1. The Bertz CT molecular complexity index is 613. The van der Waals surface area contributed by atoms with Gasteiger partial charge in [-0.15, -0.1) is 0 Å². The Morgan fingerprint density at radius 3 is 2.61 bits per heavy atom. The highest BCUT2D eigenvalue weighted by molar-refractivity contribution is 7.71. The fourth-order valence-corrected chi connectivity index (χ4v) is 2.27. The predicted octanol–water partition coefficient (Wildman–Crippen LogP) is 4.69. The maximum absolute atomic E-state index is 5.44. The zero-order valence-electron chi connectivity index (χ0n) is 11.9. The predicted molar refractivity (Wildman–Crippen MR) is 80.5 cm³/mol. The molecule has 3 heteroatoms. The fraction of sp³-hybridized carbons (Fsp3) is 0.533. The van der Waals surface area contributed by atoms with Crippen molar-refractivity contribution in [3.8, 4) is 0 Å². The van der Waals surface area contributed by atoms with Gasteiger partial charge in [0.15, 0.2) is 4.77 Å². The van der Waals surface area contributed by atoms with E-state index in [0.29, 0.717) is 11.3 Å². The monoisotopic (exact) mass is 262 g/mol. The molecule has 0 aliphatic heterocycles. The smallest absolute Gasteiger partial charge is 0.178 e. The molecule has 2 aromatic rings. The van der Waals surface area contributed by atoms with E-state index in [0.717, 1.165) is 16.8 Å². The number of nitrogens with one attached hydrogen (secondary N) is 1. The summed E-state index contributed by atoms with van der Waals surface area (Å²) in [6.45, 7) is 12.2. The second kappa shape index (κ2) is 4.54. The van der Waals surface area contributed by atoms with Crippen molar-refractivity contribution in [2.45, 2.75) is 41.2 Å². The molecule has 2 nitrogen and oxygen atoms in total. The third-order valence-electron chi connectivity index (χ3n) is 3.87.